The number of hydrogen-bond donors (Lipinski definition) is 0. The normalized spacial score (nSPS) is 10.0. The highest BCUT2D eigenvalue weighted by Gasteiger charge is 1.93. The van der Waals surface area contributed by atoms with Gasteiger partial charge in [0.2, 0.25) is 0 Å². The molecule has 0 aromatic heterocycles. The molecular weight excluding hydrogens is 264 g/mol. The van der Waals surface area contributed by atoms with Crippen LogP contribution in [0.1, 0.15) is 49.7 Å². The fourth-order valence-corrected chi connectivity index (χ4v) is 2.57. The largest absolute Gasteiger partial charge is 0.103 e. The molecule has 0 aliphatic rings. The monoisotopic (exact) mass is 290 g/mol. The first-order chi connectivity index (χ1) is 10.9. The lowest BCUT2D eigenvalue weighted by molar-refractivity contribution is 0.620. The van der Waals surface area contributed by atoms with Crippen molar-refractivity contribution in [2.24, 2.45) is 0 Å². The summed E-state index contributed by atoms with van der Waals surface area (Å²) in [7, 11) is 0. The molecule has 0 N–H and O–H groups in total. The van der Waals surface area contributed by atoms with Gasteiger partial charge in [0.15, 0.2) is 0 Å². The van der Waals surface area contributed by atoms with Crippen LogP contribution in [0.15, 0.2) is 60.7 Å². The molecule has 0 nitrogen and oxygen atoms in total. The van der Waals surface area contributed by atoms with Gasteiger partial charge in [-0.2, -0.15) is 0 Å². The van der Waals surface area contributed by atoms with Crippen LogP contribution in [0.3, 0.4) is 0 Å². The van der Waals surface area contributed by atoms with Crippen molar-refractivity contribution in [1.29, 1.82) is 0 Å². The van der Waals surface area contributed by atoms with Gasteiger partial charge in [-0.25, -0.2) is 0 Å². The topological polar surface area (TPSA) is 0 Å². The van der Waals surface area contributed by atoms with E-state index in [-0.39, 0.29) is 0 Å². The van der Waals surface area contributed by atoms with Crippen LogP contribution in [-0.2, 0) is 12.8 Å². The van der Waals surface area contributed by atoms with E-state index in [9.17, 15) is 0 Å². The molecule has 0 unspecified atom stereocenters. The number of benzene rings is 2. The summed E-state index contributed by atoms with van der Waals surface area (Å²) in [6, 6.07) is 21.3. The number of unbranched alkanes of at least 4 members (excludes halogenated alkanes) is 5. The van der Waals surface area contributed by atoms with E-state index in [4.69, 9.17) is 0 Å². The van der Waals surface area contributed by atoms with E-state index in [0.717, 1.165) is 12.8 Å². The zero-order valence-electron chi connectivity index (χ0n) is 13.4. The molecular formula is C22H26. The average molecular weight is 290 g/mol. The second-order valence-corrected chi connectivity index (χ2v) is 5.77. The molecule has 2 aromatic rings. The van der Waals surface area contributed by atoms with Crippen LogP contribution in [0.4, 0.5) is 0 Å². The van der Waals surface area contributed by atoms with Crippen LogP contribution < -0.4 is 0 Å². The first-order valence-electron chi connectivity index (χ1n) is 8.49. The Kier molecular flexibility index (Phi) is 7.95. The molecule has 0 aliphatic heterocycles. The van der Waals surface area contributed by atoms with E-state index in [0.29, 0.717) is 0 Å². The maximum atomic E-state index is 3.30. The van der Waals surface area contributed by atoms with Crippen molar-refractivity contribution in [2.75, 3.05) is 0 Å². The van der Waals surface area contributed by atoms with Gasteiger partial charge in [0.05, 0.1) is 0 Å². The molecule has 114 valence electrons. The highest BCUT2D eigenvalue weighted by molar-refractivity contribution is 5.20. The summed E-state index contributed by atoms with van der Waals surface area (Å²) in [5, 5.41) is 0. The van der Waals surface area contributed by atoms with Gasteiger partial charge in [0.1, 0.15) is 0 Å². The first kappa shape index (κ1) is 16.4. The Balaban J connectivity index is 1.45. The van der Waals surface area contributed by atoms with Crippen LogP contribution in [0.2, 0.25) is 0 Å². The van der Waals surface area contributed by atoms with Crippen molar-refractivity contribution < 1.29 is 0 Å². The molecule has 2 aromatic carbocycles. The molecule has 0 amide bonds. The van der Waals surface area contributed by atoms with Crippen molar-refractivity contribution in [3.05, 3.63) is 71.8 Å². The third-order valence-electron chi connectivity index (χ3n) is 3.87. The molecule has 22 heavy (non-hydrogen) atoms. The lowest BCUT2D eigenvalue weighted by Crippen LogP contribution is -1.85. The molecule has 0 spiro atoms. The van der Waals surface area contributed by atoms with Gasteiger partial charge in [-0.3, -0.25) is 0 Å². The summed E-state index contributed by atoms with van der Waals surface area (Å²) in [6.45, 7) is 0. The maximum absolute atomic E-state index is 3.30. The Morgan fingerprint density at radius 1 is 0.545 bits per heavy atom. The lowest BCUT2D eigenvalue weighted by atomic mass is 10.0. The summed E-state index contributed by atoms with van der Waals surface area (Å²) in [6.07, 6.45) is 9.70. The van der Waals surface area contributed by atoms with E-state index in [1.54, 1.807) is 0 Å². The minimum atomic E-state index is 0.887. The minimum absolute atomic E-state index is 0.887. The molecule has 0 radical (unpaired) electrons. The Bertz CT molecular complexity index is 557. The highest BCUT2D eigenvalue weighted by Crippen LogP contribution is 2.09. The quantitative estimate of drug-likeness (QED) is 0.425. The van der Waals surface area contributed by atoms with Gasteiger partial charge >= 0.3 is 0 Å². The fourth-order valence-electron chi connectivity index (χ4n) is 2.57. The van der Waals surface area contributed by atoms with E-state index >= 15 is 0 Å². The maximum Gasteiger partial charge on any atom is 0.0340 e. The standard InChI is InChI=1S/C22H26/c1(3-5-9-15-21-17-11-7-12-18-21)2-4-6-10-16-22-19-13-8-14-20-22/h7-8,11-14,17-20H,1-5,9,15-16H2. The summed E-state index contributed by atoms with van der Waals surface area (Å²) in [5.41, 5.74) is 2.78. The van der Waals surface area contributed by atoms with Crippen LogP contribution in [-0.4, -0.2) is 0 Å². The van der Waals surface area contributed by atoms with Gasteiger partial charge in [-0.15, -0.1) is 5.92 Å². The summed E-state index contributed by atoms with van der Waals surface area (Å²) < 4.78 is 0. The van der Waals surface area contributed by atoms with Gasteiger partial charge in [-0.1, -0.05) is 85.8 Å². The Labute approximate surface area is 135 Å². The van der Waals surface area contributed by atoms with Crippen molar-refractivity contribution in [1.82, 2.24) is 0 Å². The average Bonchev–Trinajstić information content (AvgIpc) is 2.58. The van der Waals surface area contributed by atoms with Crippen molar-refractivity contribution in [3.63, 3.8) is 0 Å². The van der Waals surface area contributed by atoms with E-state index in [1.807, 2.05) is 0 Å². The van der Waals surface area contributed by atoms with Crippen LogP contribution in [0.5, 0.6) is 0 Å². The molecule has 0 heteroatoms. The predicted molar refractivity (Wildman–Crippen MR) is 95.8 cm³/mol. The number of hydrogen-bond acceptors (Lipinski definition) is 0. The summed E-state index contributed by atoms with van der Waals surface area (Å²) in [5.74, 6) is 6.58. The number of aryl methyl sites for hydroxylation is 1. The Morgan fingerprint density at radius 2 is 1.14 bits per heavy atom. The van der Waals surface area contributed by atoms with Gasteiger partial charge in [0, 0.05) is 12.8 Å². The summed E-state index contributed by atoms with van der Waals surface area (Å²) >= 11 is 0. The van der Waals surface area contributed by atoms with Crippen LogP contribution in [0.25, 0.3) is 0 Å². The molecule has 0 saturated carbocycles. The minimum Gasteiger partial charge on any atom is -0.103 e. The van der Waals surface area contributed by atoms with Gasteiger partial charge in [0.25, 0.3) is 0 Å². The number of rotatable bonds is 8. The predicted octanol–water partition coefficient (Wildman–Crippen LogP) is 5.82. The fraction of sp³-hybridized carbons (Fsp3) is 0.364. The van der Waals surface area contributed by atoms with Gasteiger partial charge < -0.3 is 0 Å². The SMILES string of the molecule is C(#CCc1ccccc1)CCCCCCCc1ccccc1. The third-order valence-corrected chi connectivity index (χ3v) is 3.87. The van der Waals surface area contributed by atoms with Crippen LogP contribution >= 0.6 is 0 Å². The van der Waals surface area contributed by atoms with Crippen molar-refractivity contribution >= 4 is 0 Å². The van der Waals surface area contributed by atoms with Crippen molar-refractivity contribution in [2.45, 2.75) is 51.4 Å². The molecule has 0 bridgehead atoms. The second kappa shape index (κ2) is 10.7. The van der Waals surface area contributed by atoms with E-state index in [1.165, 1.54) is 49.7 Å². The molecule has 2 rings (SSSR count). The zero-order chi connectivity index (χ0) is 15.3. The van der Waals surface area contributed by atoms with Crippen molar-refractivity contribution in [3.8, 4) is 11.8 Å². The summed E-state index contributed by atoms with van der Waals surface area (Å²) in [4.78, 5) is 0. The molecule has 0 saturated heterocycles. The smallest absolute Gasteiger partial charge is 0.0340 e. The third kappa shape index (κ3) is 7.14. The van der Waals surface area contributed by atoms with Crippen LogP contribution in [0, 0.1) is 11.8 Å². The second-order valence-electron chi connectivity index (χ2n) is 5.77. The Hall–Kier alpha value is -2.00. The highest BCUT2D eigenvalue weighted by atomic mass is 14.0. The first-order valence-corrected chi connectivity index (χ1v) is 8.49. The van der Waals surface area contributed by atoms with E-state index in [2.05, 4.69) is 72.5 Å². The molecule has 0 heterocycles. The Morgan fingerprint density at radius 3 is 1.86 bits per heavy atom. The lowest BCUT2D eigenvalue weighted by Gasteiger charge is -2.01. The van der Waals surface area contributed by atoms with Gasteiger partial charge in [-0.05, 0) is 30.4 Å². The molecule has 0 atom stereocenters. The molecule has 0 fully saturated rings. The molecule has 0 aliphatic carbocycles. The zero-order valence-corrected chi connectivity index (χ0v) is 13.4. The van der Waals surface area contributed by atoms with E-state index < -0.39 is 0 Å².